The van der Waals surface area contributed by atoms with E-state index in [9.17, 15) is 9.90 Å². The zero-order valence-corrected chi connectivity index (χ0v) is 11.9. The molecule has 5 heteroatoms. The van der Waals surface area contributed by atoms with Gasteiger partial charge in [-0.2, -0.15) is 0 Å². The van der Waals surface area contributed by atoms with Crippen LogP contribution < -0.4 is 10.6 Å². The monoisotopic (exact) mass is 300 g/mol. The summed E-state index contributed by atoms with van der Waals surface area (Å²) in [6, 6.07) is 10.4. The highest BCUT2D eigenvalue weighted by molar-refractivity contribution is 6.30. The number of anilines is 1. The lowest BCUT2D eigenvalue weighted by Gasteiger charge is -2.10. The maximum Gasteiger partial charge on any atom is 0.258 e. The van der Waals surface area contributed by atoms with Crippen LogP contribution in [0.15, 0.2) is 43.0 Å². The fourth-order valence-corrected chi connectivity index (χ4v) is 2.65. The molecule has 0 aliphatic carbocycles. The average molecular weight is 301 g/mol. The van der Waals surface area contributed by atoms with Gasteiger partial charge in [0.25, 0.3) is 5.91 Å². The summed E-state index contributed by atoms with van der Waals surface area (Å²) in [6.45, 7) is 4.27. The summed E-state index contributed by atoms with van der Waals surface area (Å²) in [5, 5.41) is 15.9. The molecule has 0 unspecified atom stereocenters. The summed E-state index contributed by atoms with van der Waals surface area (Å²) in [5.41, 5.74) is 3.56. The number of rotatable bonds is 3. The Morgan fingerprint density at radius 2 is 2.10 bits per heavy atom. The normalized spacial score (nSPS) is 13.0. The molecule has 0 spiro atoms. The lowest BCUT2D eigenvalue weighted by atomic mass is 10.1. The van der Waals surface area contributed by atoms with E-state index in [0.717, 1.165) is 16.8 Å². The number of hydrogen-bond acceptors (Lipinski definition) is 3. The SMILES string of the molecule is C=C1NC(=O)c2c(NCc3cc(O)cc(Cl)c3)cccc21. The maximum atomic E-state index is 11.9. The van der Waals surface area contributed by atoms with E-state index >= 15 is 0 Å². The zero-order valence-electron chi connectivity index (χ0n) is 11.1. The molecule has 2 aromatic carbocycles. The summed E-state index contributed by atoms with van der Waals surface area (Å²) in [7, 11) is 0. The van der Waals surface area contributed by atoms with Crippen molar-refractivity contribution in [1.29, 1.82) is 0 Å². The van der Waals surface area contributed by atoms with Crippen molar-refractivity contribution in [3.63, 3.8) is 0 Å². The minimum Gasteiger partial charge on any atom is -0.508 e. The van der Waals surface area contributed by atoms with Crippen LogP contribution in [0, 0.1) is 0 Å². The molecule has 0 saturated heterocycles. The second-order valence-electron chi connectivity index (χ2n) is 4.83. The van der Waals surface area contributed by atoms with Gasteiger partial charge in [-0.05, 0) is 29.8 Å². The summed E-state index contributed by atoms with van der Waals surface area (Å²) >= 11 is 5.90. The quantitative estimate of drug-likeness (QED) is 0.814. The van der Waals surface area contributed by atoms with E-state index in [2.05, 4.69) is 17.2 Å². The number of carbonyl (C=O) groups is 1. The molecule has 1 aliphatic heterocycles. The lowest BCUT2D eigenvalue weighted by molar-refractivity contribution is 0.0981. The second-order valence-corrected chi connectivity index (χ2v) is 5.27. The van der Waals surface area contributed by atoms with Gasteiger partial charge in [0.05, 0.1) is 5.56 Å². The fraction of sp³-hybridized carbons (Fsp3) is 0.0625. The highest BCUT2D eigenvalue weighted by Gasteiger charge is 2.25. The van der Waals surface area contributed by atoms with Gasteiger partial charge < -0.3 is 15.7 Å². The van der Waals surface area contributed by atoms with Gasteiger partial charge in [-0.25, -0.2) is 0 Å². The van der Waals surface area contributed by atoms with Gasteiger partial charge in [0, 0.05) is 28.5 Å². The van der Waals surface area contributed by atoms with Crippen LogP contribution in [-0.2, 0) is 6.54 Å². The van der Waals surface area contributed by atoms with Crippen LogP contribution in [0.25, 0.3) is 5.70 Å². The van der Waals surface area contributed by atoms with E-state index in [1.165, 1.54) is 6.07 Å². The number of amides is 1. The summed E-state index contributed by atoms with van der Waals surface area (Å²) in [4.78, 5) is 11.9. The molecular weight excluding hydrogens is 288 g/mol. The van der Waals surface area contributed by atoms with Gasteiger partial charge in [-0.3, -0.25) is 4.79 Å². The first-order valence-corrected chi connectivity index (χ1v) is 6.78. The highest BCUT2D eigenvalue weighted by Crippen LogP contribution is 2.30. The fourth-order valence-electron chi connectivity index (χ4n) is 2.40. The number of carbonyl (C=O) groups excluding carboxylic acids is 1. The first-order valence-electron chi connectivity index (χ1n) is 6.40. The number of nitrogens with one attached hydrogen (secondary N) is 2. The van der Waals surface area contributed by atoms with Crippen molar-refractivity contribution >= 4 is 28.9 Å². The predicted octanol–water partition coefficient (Wildman–Crippen LogP) is 3.37. The van der Waals surface area contributed by atoms with E-state index in [1.807, 2.05) is 18.2 Å². The number of aromatic hydroxyl groups is 1. The van der Waals surface area contributed by atoms with E-state index in [1.54, 1.807) is 12.1 Å². The molecule has 106 valence electrons. The van der Waals surface area contributed by atoms with E-state index in [-0.39, 0.29) is 11.7 Å². The number of halogens is 1. The Bertz CT molecular complexity index is 736. The molecule has 0 fully saturated rings. The van der Waals surface area contributed by atoms with Crippen LogP contribution in [0.3, 0.4) is 0 Å². The summed E-state index contributed by atoms with van der Waals surface area (Å²) in [6.07, 6.45) is 0. The van der Waals surface area contributed by atoms with Crippen LogP contribution in [0.2, 0.25) is 5.02 Å². The second kappa shape index (κ2) is 5.14. The summed E-state index contributed by atoms with van der Waals surface area (Å²) in [5.74, 6) is -0.0456. The number of hydrogen-bond donors (Lipinski definition) is 3. The van der Waals surface area contributed by atoms with E-state index in [4.69, 9.17) is 11.6 Å². The Morgan fingerprint density at radius 3 is 2.86 bits per heavy atom. The van der Waals surface area contributed by atoms with Gasteiger partial charge in [-0.1, -0.05) is 30.3 Å². The molecule has 21 heavy (non-hydrogen) atoms. The van der Waals surface area contributed by atoms with Gasteiger partial charge in [0.15, 0.2) is 0 Å². The van der Waals surface area contributed by atoms with Crippen LogP contribution in [0.5, 0.6) is 5.75 Å². The van der Waals surface area contributed by atoms with Crippen molar-refractivity contribution < 1.29 is 9.90 Å². The minimum atomic E-state index is -0.160. The number of fused-ring (bicyclic) bond motifs is 1. The molecule has 0 radical (unpaired) electrons. The minimum absolute atomic E-state index is 0.115. The largest absolute Gasteiger partial charge is 0.508 e. The molecular formula is C16H13ClN2O2. The molecule has 1 aliphatic rings. The van der Waals surface area contributed by atoms with Crippen molar-refractivity contribution in [3.8, 4) is 5.75 Å². The molecule has 0 aromatic heterocycles. The van der Waals surface area contributed by atoms with Crippen LogP contribution in [0.4, 0.5) is 5.69 Å². The Balaban J connectivity index is 1.87. The van der Waals surface area contributed by atoms with Gasteiger partial charge in [-0.15, -0.1) is 0 Å². The van der Waals surface area contributed by atoms with E-state index < -0.39 is 0 Å². The maximum absolute atomic E-state index is 11.9. The Morgan fingerprint density at radius 1 is 1.29 bits per heavy atom. The molecule has 4 nitrogen and oxygen atoms in total. The molecule has 3 N–H and O–H groups in total. The zero-order chi connectivity index (χ0) is 15.0. The molecule has 0 saturated carbocycles. The molecule has 1 amide bonds. The van der Waals surface area contributed by atoms with Crippen molar-refractivity contribution in [2.24, 2.45) is 0 Å². The Kier molecular flexibility index (Phi) is 3.31. The Hall–Kier alpha value is -2.46. The average Bonchev–Trinajstić information content (AvgIpc) is 2.71. The molecule has 3 rings (SSSR count). The highest BCUT2D eigenvalue weighted by atomic mass is 35.5. The molecule has 2 aromatic rings. The third-order valence-electron chi connectivity index (χ3n) is 3.31. The smallest absolute Gasteiger partial charge is 0.258 e. The van der Waals surface area contributed by atoms with Crippen molar-refractivity contribution in [1.82, 2.24) is 5.32 Å². The van der Waals surface area contributed by atoms with Gasteiger partial charge in [0.2, 0.25) is 0 Å². The van der Waals surface area contributed by atoms with Crippen LogP contribution >= 0.6 is 11.6 Å². The first kappa shape index (κ1) is 13.5. The van der Waals surface area contributed by atoms with Crippen molar-refractivity contribution in [3.05, 3.63) is 64.7 Å². The topological polar surface area (TPSA) is 61.4 Å². The first-order chi connectivity index (χ1) is 10.0. The molecule has 1 heterocycles. The lowest BCUT2D eigenvalue weighted by Crippen LogP contribution is -2.13. The third kappa shape index (κ3) is 2.58. The third-order valence-corrected chi connectivity index (χ3v) is 3.52. The van der Waals surface area contributed by atoms with Crippen molar-refractivity contribution in [2.45, 2.75) is 6.54 Å². The van der Waals surface area contributed by atoms with Crippen LogP contribution in [-0.4, -0.2) is 11.0 Å². The predicted molar refractivity (Wildman–Crippen MR) is 83.4 cm³/mol. The Labute approximate surface area is 127 Å². The number of phenolic OH excluding ortho intramolecular Hbond substituents is 1. The molecule has 0 atom stereocenters. The van der Waals surface area contributed by atoms with Gasteiger partial charge in [0.1, 0.15) is 5.75 Å². The summed E-state index contributed by atoms with van der Waals surface area (Å²) < 4.78 is 0. The van der Waals surface area contributed by atoms with E-state index in [0.29, 0.717) is 22.8 Å². The van der Waals surface area contributed by atoms with Gasteiger partial charge >= 0.3 is 0 Å². The standard InChI is InChI=1S/C16H13ClN2O2/c1-9-13-3-2-4-14(15(13)16(21)19-9)18-8-10-5-11(17)7-12(20)6-10/h2-7,18,20H,1,8H2,(H,19,21). The van der Waals surface area contributed by atoms with Crippen LogP contribution in [0.1, 0.15) is 21.5 Å². The number of phenols is 1. The number of benzene rings is 2. The van der Waals surface area contributed by atoms with Crippen molar-refractivity contribution in [2.75, 3.05) is 5.32 Å². The molecule has 0 bridgehead atoms.